The quantitative estimate of drug-likeness (QED) is 0.355. The lowest BCUT2D eigenvalue weighted by molar-refractivity contribution is -0.120. The van der Waals surface area contributed by atoms with Crippen molar-refractivity contribution in [2.45, 2.75) is 52.4 Å². The van der Waals surface area contributed by atoms with E-state index < -0.39 is 11.9 Å². The molecule has 1 heterocycles. The fraction of sp³-hybridized carbons (Fsp3) is 0.571. The summed E-state index contributed by atoms with van der Waals surface area (Å²) in [6, 6.07) is 0. The largest absolute Gasteiger partial charge is 0.477 e. The number of anilines is 1. The van der Waals surface area contributed by atoms with Gasteiger partial charge in [0, 0.05) is 5.92 Å². The Morgan fingerprint density at radius 3 is 2.61 bits per heavy atom. The number of thiophene rings is 1. The molecule has 1 saturated carbocycles. The van der Waals surface area contributed by atoms with Crippen LogP contribution in [0.15, 0.2) is 12.2 Å². The summed E-state index contributed by atoms with van der Waals surface area (Å²) in [5, 5.41) is 12.5. The molecule has 0 aromatic carbocycles. The van der Waals surface area contributed by atoms with Crippen LogP contribution in [0, 0.1) is 24.7 Å². The normalized spacial score (nSPS) is 22.4. The Kier molecular flexibility index (Phi) is 6.54. The van der Waals surface area contributed by atoms with Gasteiger partial charge in [0.25, 0.3) is 0 Å². The SMILES string of the molecule is CCCCCCOC(=O)c1c(NC(=O)[C@@H]2C[C@H]3C=C[C@@H]2C3)sc(C(=O)O)c1C. The molecule has 0 saturated heterocycles. The first-order chi connectivity index (χ1) is 13.4. The number of esters is 1. The Morgan fingerprint density at radius 2 is 2.00 bits per heavy atom. The molecule has 28 heavy (non-hydrogen) atoms. The average Bonchev–Trinajstić information content (AvgIpc) is 3.36. The number of fused-ring (bicyclic) bond motifs is 2. The minimum absolute atomic E-state index is 0.0565. The van der Waals surface area contributed by atoms with Gasteiger partial charge in [0.1, 0.15) is 9.88 Å². The molecule has 0 radical (unpaired) electrons. The van der Waals surface area contributed by atoms with Crippen LogP contribution in [0.3, 0.4) is 0 Å². The Hall–Kier alpha value is -2.15. The molecular weight excluding hydrogens is 378 g/mol. The summed E-state index contributed by atoms with van der Waals surface area (Å²) < 4.78 is 5.36. The molecule has 152 valence electrons. The number of aromatic carboxylic acids is 1. The van der Waals surface area contributed by atoms with Crippen LogP contribution in [0.25, 0.3) is 0 Å². The number of nitrogens with one attached hydrogen (secondary N) is 1. The van der Waals surface area contributed by atoms with Crippen LogP contribution in [-0.2, 0) is 9.53 Å². The van der Waals surface area contributed by atoms with Gasteiger partial charge >= 0.3 is 11.9 Å². The highest BCUT2D eigenvalue weighted by Crippen LogP contribution is 2.44. The van der Waals surface area contributed by atoms with Crippen molar-refractivity contribution in [2.75, 3.05) is 11.9 Å². The van der Waals surface area contributed by atoms with Gasteiger partial charge in [-0.15, -0.1) is 11.3 Å². The van der Waals surface area contributed by atoms with Gasteiger partial charge in [0.05, 0.1) is 12.2 Å². The number of carbonyl (C=O) groups is 3. The zero-order valence-electron chi connectivity index (χ0n) is 16.3. The maximum Gasteiger partial charge on any atom is 0.346 e. The maximum absolute atomic E-state index is 12.8. The number of carboxylic acid groups (broad SMARTS) is 1. The van der Waals surface area contributed by atoms with Crippen LogP contribution in [0.5, 0.6) is 0 Å². The molecule has 6 nitrogen and oxygen atoms in total. The minimum atomic E-state index is -1.11. The number of allylic oxidation sites excluding steroid dienone is 2. The third-order valence-electron chi connectivity index (χ3n) is 5.63. The smallest absolute Gasteiger partial charge is 0.346 e. The predicted molar refractivity (Wildman–Crippen MR) is 108 cm³/mol. The molecule has 2 aliphatic carbocycles. The molecule has 1 aromatic rings. The van der Waals surface area contributed by atoms with Crippen molar-refractivity contribution in [3.05, 3.63) is 28.2 Å². The van der Waals surface area contributed by atoms with E-state index in [9.17, 15) is 19.5 Å². The molecule has 3 atom stereocenters. The maximum atomic E-state index is 12.8. The number of hydrogen-bond acceptors (Lipinski definition) is 5. The van der Waals surface area contributed by atoms with E-state index in [1.165, 1.54) is 0 Å². The highest BCUT2D eigenvalue weighted by Gasteiger charge is 2.40. The van der Waals surface area contributed by atoms with E-state index in [4.69, 9.17) is 4.74 Å². The Labute approximate surface area is 169 Å². The lowest BCUT2D eigenvalue weighted by Crippen LogP contribution is -2.26. The van der Waals surface area contributed by atoms with Gasteiger partial charge in [0.15, 0.2) is 0 Å². The summed E-state index contributed by atoms with van der Waals surface area (Å²) in [6.45, 7) is 3.99. The molecular formula is C21H27NO5S. The lowest BCUT2D eigenvalue weighted by atomic mass is 9.93. The van der Waals surface area contributed by atoms with E-state index in [-0.39, 0.29) is 33.2 Å². The van der Waals surface area contributed by atoms with Crippen LogP contribution < -0.4 is 5.32 Å². The fourth-order valence-corrected chi connectivity index (χ4v) is 5.14. The molecule has 0 spiro atoms. The number of unbranched alkanes of at least 4 members (excludes halogenated alkanes) is 3. The van der Waals surface area contributed by atoms with Crippen LogP contribution in [0.4, 0.5) is 5.00 Å². The predicted octanol–water partition coefficient (Wildman–Crippen LogP) is 4.64. The Bertz CT molecular complexity index is 797. The van der Waals surface area contributed by atoms with Crippen molar-refractivity contribution in [3.8, 4) is 0 Å². The topological polar surface area (TPSA) is 92.7 Å². The number of rotatable bonds is 9. The summed E-state index contributed by atoms with van der Waals surface area (Å²) in [6.07, 6.45) is 9.97. The molecule has 2 N–H and O–H groups in total. The van der Waals surface area contributed by atoms with Gasteiger partial charge in [-0.25, -0.2) is 9.59 Å². The summed E-state index contributed by atoms with van der Waals surface area (Å²) >= 11 is 0.927. The molecule has 3 rings (SSSR count). The average molecular weight is 406 g/mol. The number of ether oxygens (including phenoxy) is 1. The van der Waals surface area contributed by atoms with E-state index in [0.29, 0.717) is 18.1 Å². The van der Waals surface area contributed by atoms with E-state index in [1.807, 2.05) is 0 Å². The number of carboxylic acids is 1. The van der Waals surface area contributed by atoms with Gasteiger partial charge in [0.2, 0.25) is 5.91 Å². The molecule has 2 bridgehead atoms. The lowest BCUT2D eigenvalue weighted by Gasteiger charge is -2.17. The van der Waals surface area contributed by atoms with Crippen molar-refractivity contribution in [2.24, 2.45) is 17.8 Å². The number of carbonyl (C=O) groups excluding carboxylic acids is 2. The van der Waals surface area contributed by atoms with Crippen molar-refractivity contribution in [3.63, 3.8) is 0 Å². The molecule has 7 heteroatoms. The van der Waals surface area contributed by atoms with Crippen molar-refractivity contribution >= 4 is 34.2 Å². The van der Waals surface area contributed by atoms with Gasteiger partial charge in [-0.2, -0.15) is 0 Å². The first-order valence-electron chi connectivity index (χ1n) is 9.95. The molecule has 1 amide bonds. The molecule has 0 aliphatic heterocycles. The van der Waals surface area contributed by atoms with Crippen LogP contribution >= 0.6 is 11.3 Å². The van der Waals surface area contributed by atoms with Gasteiger partial charge in [-0.05, 0) is 43.6 Å². The van der Waals surface area contributed by atoms with Crippen molar-refractivity contribution in [1.29, 1.82) is 0 Å². The van der Waals surface area contributed by atoms with Crippen LogP contribution in [0.1, 0.15) is 71.0 Å². The highest BCUT2D eigenvalue weighted by molar-refractivity contribution is 7.18. The zero-order chi connectivity index (χ0) is 20.3. The first-order valence-corrected chi connectivity index (χ1v) is 10.8. The van der Waals surface area contributed by atoms with E-state index in [2.05, 4.69) is 24.4 Å². The fourth-order valence-electron chi connectivity index (χ4n) is 4.10. The second-order valence-corrected chi connectivity index (χ2v) is 8.66. The summed E-state index contributed by atoms with van der Waals surface area (Å²) in [5.74, 6) is -1.26. The standard InChI is InChI=1S/C21H27NO5S/c1-3-4-5-6-9-27-21(26)16-12(2)17(20(24)25)28-19(16)22-18(23)15-11-13-7-8-14(15)10-13/h7-8,13-15H,3-6,9-11H2,1-2H3,(H,22,23)(H,24,25)/t13-,14+,15+/m0/s1. The van der Waals surface area contributed by atoms with E-state index in [1.54, 1.807) is 6.92 Å². The Morgan fingerprint density at radius 1 is 1.21 bits per heavy atom. The van der Waals surface area contributed by atoms with Gasteiger partial charge in [-0.3, -0.25) is 4.79 Å². The first kappa shape index (κ1) is 20.6. The minimum Gasteiger partial charge on any atom is -0.477 e. The molecule has 1 aromatic heterocycles. The third-order valence-corrected chi connectivity index (χ3v) is 6.82. The second kappa shape index (κ2) is 8.90. The summed E-state index contributed by atoms with van der Waals surface area (Å²) in [7, 11) is 0. The Balaban J connectivity index is 1.73. The van der Waals surface area contributed by atoms with Crippen LogP contribution in [-0.4, -0.2) is 29.6 Å². The van der Waals surface area contributed by atoms with Gasteiger partial charge in [-0.1, -0.05) is 38.3 Å². The van der Waals surface area contributed by atoms with Gasteiger partial charge < -0.3 is 15.2 Å². The number of hydrogen-bond donors (Lipinski definition) is 2. The number of amides is 1. The van der Waals surface area contributed by atoms with Crippen LogP contribution in [0.2, 0.25) is 0 Å². The monoisotopic (exact) mass is 405 g/mol. The molecule has 0 unspecified atom stereocenters. The molecule has 1 fully saturated rings. The molecule has 2 aliphatic rings. The van der Waals surface area contributed by atoms with Crippen molar-refractivity contribution in [1.82, 2.24) is 0 Å². The van der Waals surface area contributed by atoms with E-state index in [0.717, 1.165) is 49.9 Å². The highest BCUT2D eigenvalue weighted by atomic mass is 32.1. The summed E-state index contributed by atoms with van der Waals surface area (Å²) in [4.78, 5) is 37.0. The third kappa shape index (κ3) is 4.29. The summed E-state index contributed by atoms with van der Waals surface area (Å²) in [5.41, 5.74) is 0.518. The second-order valence-electron chi connectivity index (χ2n) is 7.64. The zero-order valence-corrected chi connectivity index (χ0v) is 17.1. The van der Waals surface area contributed by atoms with Crippen molar-refractivity contribution < 1.29 is 24.2 Å². The van der Waals surface area contributed by atoms with E-state index >= 15 is 0 Å².